The van der Waals surface area contributed by atoms with Gasteiger partial charge in [0.2, 0.25) is 0 Å². The number of carbonyl (C=O) groups is 2. The summed E-state index contributed by atoms with van der Waals surface area (Å²) in [5.41, 5.74) is 0.671. The van der Waals surface area contributed by atoms with Crippen molar-refractivity contribution in [2.24, 2.45) is 28.8 Å². The van der Waals surface area contributed by atoms with Crippen LogP contribution in [-0.4, -0.2) is 36.8 Å². The zero-order chi connectivity index (χ0) is 19.3. The first-order chi connectivity index (χ1) is 13.0. The van der Waals surface area contributed by atoms with Crippen LogP contribution in [0.15, 0.2) is 32.3 Å². The van der Waals surface area contributed by atoms with Crippen LogP contribution in [0.4, 0.5) is 0 Å². The van der Waals surface area contributed by atoms with Gasteiger partial charge in [-0.3, -0.25) is 9.59 Å². The van der Waals surface area contributed by atoms with Gasteiger partial charge in [-0.15, -0.1) is 0 Å². The van der Waals surface area contributed by atoms with Gasteiger partial charge in [-0.05, 0) is 63.1 Å². The van der Waals surface area contributed by atoms with Crippen LogP contribution in [0.2, 0.25) is 0 Å². The molecule has 1 aromatic rings. The van der Waals surface area contributed by atoms with Crippen molar-refractivity contribution >= 4 is 49.9 Å². The molecular weight excluding hydrogens is 480 g/mol. The van der Waals surface area contributed by atoms with Crippen molar-refractivity contribution in [3.05, 3.63) is 32.7 Å². The molecule has 4 atom stereocenters. The monoisotopic (exact) mass is 496 g/mol. The molecule has 0 aromatic heterocycles. The van der Waals surface area contributed by atoms with Crippen LogP contribution in [-0.2, 0) is 9.59 Å². The maximum absolute atomic E-state index is 12.7. The van der Waals surface area contributed by atoms with Crippen LogP contribution in [0.3, 0.4) is 0 Å². The molecule has 142 valence electrons. The second kappa shape index (κ2) is 7.05. The summed E-state index contributed by atoms with van der Waals surface area (Å²) in [6.07, 6.45) is 6.54. The first-order valence-corrected chi connectivity index (χ1v) is 10.3. The Hall–Kier alpha value is -1.67. The number of rotatable bonds is 5. The highest BCUT2D eigenvalue weighted by molar-refractivity contribution is 9.13. The number of carbonyl (C=O) groups excluding carboxylic acids is 2. The van der Waals surface area contributed by atoms with Crippen molar-refractivity contribution in [2.45, 2.75) is 13.3 Å². The van der Waals surface area contributed by atoms with E-state index in [0.29, 0.717) is 32.6 Å². The van der Waals surface area contributed by atoms with Gasteiger partial charge in [0.15, 0.2) is 11.5 Å². The summed E-state index contributed by atoms with van der Waals surface area (Å²) in [6.45, 7) is 2.36. The number of halogens is 2. The largest absolute Gasteiger partial charge is 0.492 e. The Morgan fingerprint density at radius 1 is 1.19 bits per heavy atom. The van der Waals surface area contributed by atoms with Crippen LogP contribution < -0.4 is 9.47 Å². The van der Waals surface area contributed by atoms with E-state index in [1.807, 2.05) is 6.92 Å². The van der Waals surface area contributed by atoms with Gasteiger partial charge in [0, 0.05) is 10.0 Å². The fraction of sp³-hybridized carbons (Fsp3) is 0.421. The molecule has 6 nitrogen and oxygen atoms in total. The van der Waals surface area contributed by atoms with E-state index in [9.17, 15) is 9.59 Å². The zero-order valence-corrected chi connectivity index (χ0v) is 18.0. The van der Waals surface area contributed by atoms with Crippen molar-refractivity contribution in [3.8, 4) is 11.5 Å². The Morgan fingerprint density at radius 2 is 1.81 bits per heavy atom. The molecule has 1 saturated heterocycles. The van der Waals surface area contributed by atoms with E-state index in [4.69, 9.17) is 9.47 Å². The van der Waals surface area contributed by atoms with E-state index in [-0.39, 0.29) is 35.5 Å². The molecule has 0 N–H and O–H groups in total. The maximum atomic E-state index is 12.7. The average molecular weight is 498 g/mol. The van der Waals surface area contributed by atoms with Crippen molar-refractivity contribution < 1.29 is 19.1 Å². The number of fused-ring (bicyclic) bond motifs is 5. The molecule has 2 bridgehead atoms. The second-order valence-electron chi connectivity index (χ2n) is 6.79. The summed E-state index contributed by atoms with van der Waals surface area (Å²) in [4.78, 5) is 25.4. The predicted octanol–water partition coefficient (Wildman–Crippen LogP) is 3.76. The molecule has 1 aromatic carbocycles. The van der Waals surface area contributed by atoms with Crippen molar-refractivity contribution in [1.29, 1.82) is 0 Å². The summed E-state index contributed by atoms with van der Waals surface area (Å²) in [7, 11) is 1.56. The number of nitrogens with zero attached hydrogens (tertiary/aromatic N) is 2. The minimum atomic E-state index is -0.255. The first kappa shape index (κ1) is 18.7. The van der Waals surface area contributed by atoms with Gasteiger partial charge < -0.3 is 9.47 Å². The van der Waals surface area contributed by atoms with Crippen molar-refractivity contribution in [3.63, 3.8) is 0 Å². The molecule has 2 fully saturated rings. The lowest BCUT2D eigenvalue weighted by Gasteiger charge is -2.15. The third kappa shape index (κ3) is 2.84. The van der Waals surface area contributed by atoms with E-state index >= 15 is 0 Å². The lowest BCUT2D eigenvalue weighted by atomic mass is 9.85. The van der Waals surface area contributed by atoms with Gasteiger partial charge in [0.25, 0.3) is 11.8 Å². The Labute approximate surface area is 173 Å². The topological polar surface area (TPSA) is 68.2 Å². The number of hydrogen-bond acceptors (Lipinski definition) is 5. The molecule has 2 amide bonds. The molecule has 0 spiro atoms. The van der Waals surface area contributed by atoms with Gasteiger partial charge in [-0.25, -0.2) is 0 Å². The van der Waals surface area contributed by atoms with Gasteiger partial charge in [-0.2, -0.15) is 10.1 Å². The fourth-order valence-electron chi connectivity index (χ4n) is 4.27. The molecule has 1 aliphatic heterocycles. The van der Waals surface area contributed by atoms with Crippen LogP contribution in [0, 0.1) is 23.7 Å². The molecule has 1 saturated carbocycles. The second-order valence-corrected chi connectivity index (χ2v) is 8.38. The van der Waals surface area contributed by atoms with E-state index in [1.165, 1.54) is 6.21 Å². The Kier molecular flexibility index (Phi) is 4.88. The lowest BCUT2D eigenvalue weighted by Crippen LogP contribution is -2.28. The number of methoxy groups -OCH3 is 1. The molecule has 4 rings (SSSR count). The minimum Gasteiger partial charge on any atom is -0.492 e. The van der Waals surface area contributed by atoms with Crippen LogP contribution >= 0.6 is 31.9 Å². The summed E-state index contributed by atoms with van der Waals surface area (Å²) in [5.74, 6) is 0.537. The SMILES string of the molecule is CCOc1cc(C=NN2C(=O)[C@@H]3[C@H](C2=O)[C@H]2C=C[C@H]3C2)c(Br)c(Br)c1OC. The Bertz CT molecular complexity index is 853. The molecule has 1 heterocycles. The van der Waals surface area contributed by atoms with Crippen molar-refractivity contribution in [2.75, 3.05) is 13.7 Å². The zero-order valence-electron chi connectivity index (χ0n) is 14.8. The highest BCUT2D eigenvalue weighted by Gasteiger charge is 2.59. The number of amides is 2. The normalized spacial score (nSPS) is 28.5. The Balaban J connectivity index is 1.64. The standard InChI is InChI=1S/C19H18Br2N2O4/c1-3-27-12-7-11(15(20)16(21)17(12)26-2)8-22-23-18(24)13-9-4-5-10(6-9)14(13)19(23)25/h4-5,7-10,13-14H,3,6H2,1-2H3/t9-,10-,13-,14+/m0/s1. The lowest BCUT2D eigenvalue weighted by molar-refractivity contribution is -0.140. The molecule has 3 aliphatic rings. The number of ether oxygens (including phenoxy) is 2. The smallest absolute Gasteiger partial charge is 0.254 e. The van der Waals surface area contributed by atoms with Crippen molar-refractivity contribution in [1.82, 2.24) is 5.01 Å². The molecule has 0 radical (unpaired) electrons. The molecular formula is C19H18Br2N2O4. The average Bonchev–Trinajstić information content (AvgIpc) is 3.32. The Morgan fingerprint density at radius 3 is 2.37 bits per heavy atom. The summed E-state index contributed by atoms with van der Waals surface area (Å²) < 4.78 is 12.4. The minimum absolute atomic E-state index is 0.170. The summed E-state index contributed by atoms with van der Waals surface area (Å²) in [6, 6.07) is 1.76. The molecule has 8 heteroatoms. The van der Waals surface area contributed by atoms with E-state index in [1.54, 1.807) is 13.2 Å². The third-order valence-electron chi connectivity index (χ3n) is 5.42. The van der Waals surface area contributed by atoms with Gasteiger partial charge >= 0.3 is 0 Å². The molecule has 27 heavy (non-hydrogen) atoms. The van der Waals surface area contributed by atoms with E-state index in [2.05, 4.69) is 49.1 Å². The van der Waals surface area contributed by atoms with Crippen LogP contribution in [0.25, 0.3) is 0 Å². The van der Waals surface area contributed by atoms with Gasteiger partial charge in [0.05, 0.1) is 36.2 Å². The number of allylic oxidation sites excluding steroid dienone is 2. The summed E-state index contributed by atoms with van der Waals surface area (Å²) in [5, 5.41) is 5.26. The van der Waals surface area contributed by atoms with Gasteiger partial charge in [-0.1, -0.05) is 12.2 Å². The number of hydrogen-bond donors (Lipinski definition) is 0. The number of hydrazone groups is 1. The predicted molar refractivity (Wildman–Crippen MR) is 107 cm³/mol. The molecule has 2 aliphatic carbocycles. The van der Waals surface area contributed by atoms with E-state index in [0.717, 1.165) is 11.4 Å². The fourth-order valence-corrected chi connectivity index (χ4v) is 5.25. The third-order valence-corrected chi connectivity index (χ3v) is 7.56. The maximum Gasteiger partial charge on any atom is 0.254 e. The molecule has 0 unspecified atom stereocenters. The van der Waals surface area contributed by atoms with Gasteiger partial charge in [0.1, 0.15) is 0 Å². The highest BCUT2D eigenvalue weighted by atomic mass is 79.9. The van der Waals surface area contributed by atoms with Crippen LogP contribution in [0.1, 0.15) is 18.9 Å². The van der Waals surface area contributed by atoms with Crippen LogP contribution in [0.5, 0.6) is 11.5 Å². The first-order valence-electron chi connectivity index (χ1n) is 8.76. The quantitative estimate of drug-likeness (QED) is 0.353. The number of benzene rings is 1. The van der Waals surface area contributed by atoms with E-state index < -0.39 is 0 Å². The highest BCUT2D eigenvalue weighted by Crippen LogP contribution is 2.52. The number of imide groups is 1. The summed E-state index contributed by atoms with van der Waals surface area (Å²) >= 11 is 6.99.